The number of aromatic hydroxyl groups is 1. The Labute approximate surface area is 118 Å². The standard InChI is InChI=1S/C14H12BrNO3/c15-10-6-4-9(5-7-10)8-19-14(18)11-2-1-3-12(16)13(11)17/h1-7,17H,8,16H2. The number of nitrogens with two attached hydrogens (primary N) is 1. The summed E-state index contributed by atoms with van der Waals surface area (Å²) in [6, 6.07) is 12.0. The number of benzene rings is 2. The first kappa shape index (κ1) is 13.4. The van der Waals surface area contributed by atoms with Crippen LogP contribution in [-0.4, -0.2) is 11.1 Å². The highest BCUT2D eigenvalue weighted by Crippen LogP contribution is 2.25. The van der Waals surface area contributed by atoms with Gasteiger partial charge in [-0.05, 0) is 29.8 Å². The van der Waals surface area contributed by atoms with Crippen LogP contribution in [-0.2, 0) is 11.3 Å². The average molecular weight is 322 g/mol. The van der Waals surface area contributed by atoms with Gasteiger partial charge < -0.3 is 15.6 Å². The molecule has 0 bridgehead atoms. The third-order valence-corrected chi connectivity index (χ3v) is 3.10. The molecule has 0 saturated heterocycles. The zero-order valence-electron chi connectivity index (χ0n) is 9.97. The van der Waals surface area contributed by atoms with Crippen molar-refractivity contribution in [3.05, 3.63) is 58.1 Å². The maximum atomic E-state index is 11.8. The molecule has 2 aromatic carbocycles. The van der Waals surface area contributed by atoms with Gasteiger partial charge in [-0.25, -0.2) is 4.79 Å². The van der Waals surface area contributed by atoms with Crippen molar-refractivity contribution in [2.45, 2.75) is 6.61 Å². The second kappa shape index (κ2) is 5.75. The number of hydrogen-bond acceptors (Lipinski definition) is 4. The van der Waals surface area contributed by atoms with E-state index in [0.717, 1.165) is 10.0 Å². The van der Waals surface area contributed by atoms with Gasteiger partial charge in [-0.15, -0.1) is 0 Å². The van der Waals surface area contributed by atoms with Crippen molar-refractivity contribution in [3.63, 3.8) is 0 Å². The van der Waals surface area contributed by atoms with E-state index in [1.54, 1.807) is 6.07 Å². The van der Waals surface area contributed by atoms with E-state index in [2.05, 4.69) is 15.9 Å². The van der Waals surface area contributed by atoms with Crippen LogP contribution in [0.1, 0.15) is 15.9 Å². The van der Waals surface area contributed by atoms with E-state index in [9.17, 15) is 9.90 Å². The summed E-state index contributed by atoms with van der Waals surface area (Å²) < 4.78 is 6.07. The van der Waals surface area contributed by atoms with Crippen LogP contribution >= 0.6 is 15.9 Å². The highest BCUT2D eigenvalue weighted by molar-refractivity contribution is 9.10. The monoisotopic (exact) mass is 321 g/mol. The Bertz CT molecular complexity index is 596. The number of ether oxygens (including phenoxy) is 1. The first-order valence-corrected chi connectivity index (χ1v) is 6.36. The Balaban J connectivity index is 2.05. The molecule has 0 unspecified atom stereocenters. The molecule has 0 amide bonds. The highest BCUT2D eigenvalue weighted by Gasteiger charge is 2.14. The number of phenols is 1. The molecule has 0 spiro atoms. The maximum absolute atomic E-state index is 11.8. The lowest BCUT2D eigenvalue weighted by Gasteiger charge is -2.07. The van der Waals surface area contributed by atoms with Gasteiger partial charge in [0.05, 0.1) is 5.69 Å². The van der Waals surface area contributed by atoms with Crippen LogP contribution < -0.4 is 5.73 Å². The number of carbonyl (C=O) groups excluding carboxylic acids is 1. The smallest absolute Gasteiger partial charge is 0.342 e. The van der Waals surface area contributed by atoms with Crippen molar-refractivity contribution in [1.82, 2.24) is 0 Å². The lowest BCUT2D eigenvalue weighted by molar-refractivity contribution is 0.0469. The Kier molecular flexibility index (Phi) is 4.06. The number of nitrogen functional groups attached to an aromatic ring is 1. The molecule has 0 saturated carbocycles. The molecule has 0 radical (unpaired) electrons. The van der Waals surface area contributed by atoms with Gasteiger partial charge in [0.2, 0.25) is 0 Å². The Morgan fingerprint density at radius 1 is 1.21 bits per heavy atom. The van der Waals surface area contributed by atoms with Crippen LogP contribution in [0.25, 0.3) is 0 Å². The molecule has 5 heteroatoms. The van der Waals surface area contributed by atoms with E-state index in [-0.39, 0.29) is 23.6 Å². The van der Waals surface area contributed by atoms with Crippen LogP contribution in [0, 0.1) is 0 Å². The first-order valence-electron chi connectivity index (χ1n) is 5.57. The Hall–Kier alpha value is -2.01. The molecule has 0 aromatic heterocycles. The van der Waals surface area contributed by atoms with Crippen LogP contribution in [0.15, 0.2) is 46.9 Å². The number of esters is 1. The summed E-state index contributed by atoms with van der Waals surface area (Å²) in [7, 11) is 0. The third kappa shape index (κ3) is 3.26. The van der Waals surface area contributed by atoms with Gasteiger partial charge in [0.1, 0.15) is 12.2 Å². The molecule has 0 fully saturated rings. The predicted molar refractivity (Wildman–Crippen MR) is 75.8 cm³/mol. The maximum Gasteiger partial charge on any atom is 0.342 e. The van der Waals surface area contributed by atoms with E-state index in [1.165, 1.54) is 12.1 Å². The fourth-order valence-corrected chi connectivity index (χ4v) is 1.80. The van der Waals surface area contributed by atoms with Gasteiger partial charge in [-0.3, -0.25) is 0 Å². The zero-order valence-corrected chi connectivity index (χ0v) is 11.6. The molecule has 19 heavy (non-hydrogen) atoms. The van der Waals surface area contributed by atoms with Crippen LogP contribution in [0.5, 0.6) is 5.75 Å². The molecular formula is C14H12BrNO3. The molecule has 98 valence electrons. The lowest BCUT2D eigenvalue weighted by Crippen LogP contribution is -2.06. The largest absolute Gasteiger partial charge is 0.505 e. The van der Waals surface area contributed by atoms with Gasteiger partial charge in [-0.2, -0.15) is 0 Å². The number of para-hydroxylation sites is 1. The van der Waals surface area contributed by atoms with E-state index < -0.39 is 5.97 Å². The molecule has 0 atom stereocenters. The fourth-order valence-electron chi connectivity index (χ4n) is 1.53. The fraction of sp³-hybridized carbons (Fsp3) is 0.0714. The topological polar surface area (TPSA) is 72.6 Å². The number of carbonyl (C=O) groups is 1. The van der Waals surface area contributed by atoms with E-state index >= 15 is 0 Å². The van der Waals surface area contributed by atoms with E-state index in [4.69, 9.17) is 10.5 Å². The van der Waals surface area contributed by atoms with Crippen molar-refractivity contribution in [1.29, 1.82) is 0 Å². The first-order chi connectivity index (χ1) is 9.08. The molecule has 0 aliphatic heterocycles. The van der Waals surface area contributed by atoms with Crippen molar-refractivity contribution >= 4 is 27.6 Å². The van der Waals surface area contributed by atoms with Gasteiger partial charge >= 0.3 is 5.97 Å². The van der Waals surface area contributed by atoms with Gasteiger partial charge in [0, 0.05) is 4.47 Å². The molecule has 0 aliphatic carbocycles. The summed E-state index contributed by atoms with van der Waals surface area (Å²) in [5.41, 5.74) is 6.60. The number of anilines is 1. The average Bonchev–Trinajstić information content (AvgIpc) is 2.41. The molecule has 0 aliphatic rings. The molecule has 3 N–H and O–H groups in total. The second-order valence-electron chi connectivity index (χ2n) is 3.95. The lowest BCUT2D eigenvalue weighted by atomic mass is 10.2. The molecule has 2 aromatic rings. The number of halogens is 1. The SMILES string of the molecule is Nc1cccc(C(=O)OCc2ccc(Br)cc2)c1O. The molecule has 4 nitrogen and oxygen atoms in total. The highest BCUT2D eigenvalue weighted by atomic mass is 79.9. The minimum atomic E-state index is -0.604. The van der Waals surface area contributed by atoms with Crippen molar-refractivity contribution in [2.75, 3.05) is 5.73 Å². The summed E-state index contributed by atoms with van der Waals surface area (Å²) in [4.78, 5) is 11.8. The van der Waals surface area contributed by atoms with Crippen LogP contribution in [0.2, 0.25) is 0 Å². The second-order valence-corrected chi connectivity index (χ2v) is 4.86. The molecule has 0 heterocycles. The van der Waals surface area contributed by atoms with Gasteiger partial charge in [0.15, 0.2) is 5.75 Å². The van der Waals surface area contributed by atoms with Gasteiger partial charge in [-0.1, -0.05) is 34.1 Å². The number of rotatable bonds is 3. The van der Waals surface area contributed by atoms with Gasteiger partial charge in [0.25, 0.3) is 0 Å². The van der Waals surface area contributed by atoms with Crippen molar-refractivity contribution in [2.24, 2.45) is 0 Å². The molecule has 2 rings (SSSR count). The van der Waals surface area contributed by atoms with E-state index in [1.807, 2.05) is 24.3 Å². The summed E-state index contributed by atoms with van der Waals surface area (Å²) in [5, 5.41) is 9.67. The quantitative estimate of drug-likeness (QED) is 0.517. The van der Waals surface area contributed by atoms with Crippen molar-refractivity contribution in [3.8, 4) is 5.75 Å². The Morgan fingerprint density at radius 3 is 2.58 bits per heavy atom. The normalized spacial score (nSPS) is 10.2. The minimum absolute atomic E-state index is 0.0668. The number of phenolic OH excluding ortho intramolecular Hbond substituents is 1. The van der Waals surface area contributed by atoms with Crippen molar-refractivity contribution < 1.29 is 14.6 Å². The molecular weight excluding hydrogens is 310 g/mol. The minimum Gasteiger partial charge on any atom is -0.505 e. The van der Waals surface area contributed by atoms with Crippen LogP contribution in [0.3, 0.4) is 0 Å². The Morgan fingerprint density at radius 2 is 1.89 bits per heavy atom. The summed E-state index contributed by atoms with van der Waals surface area (Å²) >= 11 is 3.32. The summed E-state index contributed by atoms with van der Waals surface area (Å²) in [5.74, 6) is -0.851. The predicted octanol–water partition coefficient (Wildman–Crippen LogP) is 3.09. The summed E-state index contributed by atoms with van der Waals surface area (Å²) in [6.45, 7) is 0.139. The summed E-state index contributed by atoms with van der Waals surface area (Å²) in [6.07, 6.45) is 0. The van der Waals surface area contributed by atoms with E-state index in [0.29, 0.717) is 0 Å². The van der Waals surface area contributed by atoms with Crippen LogP contribution in [0.4, 0.5) is 5.69 Å². The zero-order chi connectivity index (χ0) is 13.8. The number of hydrogen-bond donors (Lipinski definition) is 2. The third-order valence-electron chi connectivity index (χ3n) is 2.57.